The molecule has 0 spiro atoms. The average molecular weight is 495 g/mol. The predicted molar refractivity (Wildman–Crippen MR) is 142 cm³/mol. The molecule has 1 aliphatic rings. The number of rotatable bonds is 1. The van der Waals surface area contributed by atoms with Crippen molar-refractivity contribution >= 4 is 50.1 Å². The Morgan fingerprint density at radius 1 is 0.656 bits per heavy atom. The lowest BCUT2D eigenvalue weighted by atomic mass is 9.71. The molecule has 0 saturated carbocycles. The Morgan fingerprint density at radius 2 is 1.09 bits per heavy atom. The Labute approximate surface area is 202 Å². The van der Waals surface area contributed by atoms with Gasteiger partial charge in [0.2, 0.25) is 0 Å². The summed E-state index contributed by atoms with van der Waals surface area (Å²) >= 11 is 3.72. The van der Waals surface area contributed by atoms with Gasteiger partial charge in [0.1, 0.15) is 0 Å². The molecule has 32 heavy (non-hydrogen) atoms. The van der Waals surface area contributed by atoms with Crippen molar-refractivity contribution in [3.05, 3.63) is 52.0 Å². The molecule has 2 nitrogen and oxygen atoms in total. The van der Waals surface area contributed by atoms with E-state index in [-0.39, 0.29) is 29.2 Å². The maximum Gasteiger partial charge on any atom is 0.494 e. The van der Waals surface area contributed by atoms with Gasteiger partial charge in [-0.15, -0.1) is 0 Å². The first kappa shape index (κ1) is 23.8. The van der Waals surface area contributed by atoms with Gasteiger partial charge in [-0.25, -0.2) is 0 Å². The molecular weight excluding hydrogens is 459 g/mol. The van der Waals surface area contributed by atoms with Gasteiger partial charge in [-0.05, 0) is 88.8 Å². The van der Waals surface area contributed by atoms with Crippen LogP contribution in [0.5, 0.6) is 0 Å². The molecule has 0 N–H and O–H groups in total. The Balaban J connectivity index is 2.09. The molecule has 3 aromatic carbocycles. The monoisotopic (exact) mass is 494 g/mol. The van der Waals surface area contributed by atoms with E-state index >= 15 is 0 Å². The highest BCUT2D eigenvalue weighted by Crippen LogP contribution is 2.44. The van der Waals surface area contributed by atoms with Gasteiger partial charge in [0.15, 0.2) is 0 Å². The second-order valence-electron chi connectivity index (χ2n) is 12.3. The Morgan fingerprint density at radius 3 is 1.56 bits per heavy atom. The molecule has 1 heterocycles. The minimum absolute atomic E-state index is 0.000432. The maximum absolute atomic E-state index is 6.40. The molecule has 170 valence electrons. The van der Waals surface area contributed by atoms with Crippen LogP contribution in [0.4, 0.5) is 0 Å². The van der Waals surface area contributed by atoms with Gasteiger partial charge in [-0.1, -0.05) is 81.7 Å². The van der Waals surface area contributed by atoms with E-state index < -0.39 is 0 Å². The second-order valence-corrected chi connectivity index (χ2v) is 13.2. The van der Waals surface area contributed by atoms with Crippen molar-refractivity contribution in [3.8, 4) is 0 Å². The number of hydrogen-bond acceptors (Lipinski definition) is 2. The predicted octanol–water partition coefficient (Wildman–Crippen LogP) is 7.65. The molecule has 0 bridgehead atoms. The second kappa shape index (κ2) is 7.32. The molecule has 4 heteroatoms. The van der Waals surface area contributed by atoms with Gasteiger partial charge in [0.05, 0.1) is 11.2 Å². The van der Waals surface area contributed by atoms with E-state index in [1.807, 2.05) is 0 Å². The lowest BCUT2D eigenvalue weighted by Crippen LogP contribution is -2.41. The topological polar surface area (TPSA) is 18.5 Å². The van der Waals surface area contributed by atoms with Gasteiger partial charge in [-0.2, -0.15) is 0 Å². The van der Waals surface area contributed by atoms with E-state index in [1.54, 1.807) is 0 Å². The van der Waals surface area contributed by atoms with Crippen LogP contribution in [0, 0.1) is 0 Å². The summed E-state index contributed by atoms with van der Waals surface area (Å²) in [6, 6.07) is 13.5. The summed E-state index contributed by atoms with van der Waals surface area (Å²) in [5.41, 5.74) is 3.11. The van der Waals surface area contributed by atoms with E-state index in [0.29, 0.717) is 0 Å². The van der Waals surface area contributed by atoms with Gasteiger partial charge >= 0.3 is 7.12 Å². The van der Waals surface area contributed by atoms with Crippen LogP contribution < -0.4 is 5.46 Å². The third-order valence-electron chi connectivity index (χ3n) is 7.13. The van der Waals surface area contributed by atoms with Gasteiger partial charge in [0.25, 0.3) is 0 Å². The SMILES string of the molecule is CC(C)(C)c1c2ccc(B3OC(C)(C)C(C)(C)O3)cc2c(C(C)(C)C)c2ccc(Br)cc12. The molecule has 3 aromatic rings. The summed E-state index contributed by atoms with van der Waals surface area (Å²) in [4.78, 5) is 0. The smallest absolute Gasteiger partial charge is 0.399 e. The van der Waals surface area contributed by atoms with Crippen LogP contribution in [0.25, 0.3) is 21.5 Å². The highest BCUT2D eigenvalue weighted by Gasteiger charge is 2.51. The standard InChI is InChI=1S/C28H36BBrO2/c1-25(2,3)23-20-14-12-18(30)16-22(20)24(26(4,5)6)19-13-11-17(15-21(19)23)29-31-27(7,8)28(9,10)32-29/h11-16H,1-10H3. The van der Waals surface area contributed by atoms with Crippen molar-refractivity contribution in [1.82, 2.24) is 0 Å². The molecule has 1 fully saturated rings. The largest absolute Gasteiger partial charge is 0.494 e. The molecule has 4 rings (SSSR count). The van der Waals surface area contributed by atoms with Crippen LogP contribution in [0.2, 0.25) is 0 Å². The highest BCUT2D eigenvalue weighted by atomic mass is 79.9. The zero-order chi connectivity index (χ0) is 23.9. The Kier molecular flexibility index (Phi) is 5.44. The molecular formula is C28H36BBrO2. The fraction of sp³-hybridized carbons (Fsp3) is 0.500. The summed E-state index contributed by atoms with van der Waals surface area (Å²) in [5, 5.41) is 5.26. The van der Waals surface area contributed by atoms with Crippen molar-refractivity contribution in [2.45, 2.75) is 91.3 Å². The van der Waals surface area contributed by atoms with Crippen molar-refractivity contribution in [2.24, 2.45) is 0 Å². The minimum atomic E-state index is -0.365. The highest BCUT2D eigenvalue weighted by molar-refractivity contribution is 9.10. The molecule has 0 radical (unpaired) electrons. The minimum Gasteiger partial charge on any atom is -0.399 e. The zero-order valence-corrected chi connectivity index (χ0v) is 22.8. The summed E-state index contributed by atoms with van der Waals surface area (Å²) in [5.74, 6) is 0. The first-order valence-electron chi connectivity index (χ1n) is 11.6. The van der Waals surface area contributed by atoms with E-state index in [4.69, 9.17) is 9.31 Å². The van der Waals surface area contributed by atoms with Crippen LogP contribution in [0.3, 0.4) is 0 Å². The summed E-state index contributed by atoms with van der Waals surface area (Å²) < 4.78 is 13.9. The van der Waals surface area contributed by atoms with Gasteiger partial charge < -0.3 is 9.31 Å². The van der Waals surface area contributed by atoms with E-state index in [2.05, 4.69) is 122 Å². The van der Waals surface area contributed by atoms with Crippen molar-refractivity contribution in [2.75, 3.05) is 0 Å². The summed E-state index contributed by atoms with van der Waals surface area (Å²) in [6.07, 6.45) is 0. The van der Waals surface area contributed by atoms with Crippen molar-refractivity contribution in [1.29, 1.82) is 0 Å². The first-order chi connectivity index (χ1) is 14.5. The van der Waals surface area contributed by atoms with E-state index in [9.17, 15) is 0 Å². The zero-order valence-electron chi connectivity index (χ0n) is 21.2. The van der Waals surface area contributed by atoms with Crippen LogP contribution in [-0.2, 0) is 20.1 Å². The van der Waals surface area contributed by atoms with Crippen LogP contribution in [-0.4, -0.2) is 18.3 Å². The van der Waals surface area contributed by atoms with Gasteiger partial charge in [0, 0.05) is 4.47 Å². The van der Waals surface area contributed by atoms with Crippen LogP contribution in [0.15, 0.2) is 40.9 Å². The summed E-state index contributed by atoms with van der Waals surface area (Å²) in [6.45, 7) is 22.3. The first-order valence-corrected chi connectivity index (χ1v) is 12.4. The lowest BCUT2D eigenvalue weighted by molar-refractivity contribution is 0.00578. The summed E-state index contributed by atoms with van der Waals surface area (Å²) in [7, 11) is -0.365. The number of halogens is 1. The normalized spacial score (nSPS) is 18.7. The third kappa shape index (κ3) is 3.83. The van der Waals surface area contributed by atoms with Crippen LogP contribution >= 0.6 is 15.9 Å². The fourth-order valence-electron chi connectivity index (χ4n) is 4.96. The Bertz CT molecular complexity index is 1200. The van der Waals surface area contributed by atoms with Crippen molar-refractivity contribution < 1.29 is 9.31 Å². The Hall–Kier alpha value is -1.36. The van der Waals surface area contributed by atoms with Gasteiger partial charge in [-0.3, -0.25) is 0 Å². The van der Waals surface area contributed by atoms with Crippen molar-refractivity contribution in [3.63, 3.8) is 0 Å². The molecule has 0 aliphatic carbocycles. The van der Waals surface area contributed by atoms with E-state index in [0.717, 1.165) is 9.94 Å². The van der Waals surface area contributed by atoms with E-state index in [1.165, 1.54) is 32.7 Å². The maximum atomic E-state index is 6.40. The molecule has 1 aliphatic heterocycles. The molecule has 0 aromatic heterocycles. The molecule has 0 atom stereocenters. The third-order valence-corrected chi connectivity index (χ3v) is 7.62. The number of hydrogen-bond donors (Lipinski definition) is 0. The molecule has 0 unspecified atom stereocenters. The number of fused-ring (bicyclic) bond motifs is 2. The number of benzene rings is 3. The van der Waals surface area contributed by atoms with Crippen LogP contribution in [0.1, 0.15) is 80.4 Å². The average Bonchev–Trinajstić information content (AvgIpc) is 2.84. The molecule has 1 saturated heterocycles. The lowest BCUT2D eigenvalue weighted by Gasteiger charge is -2.32. The quantitative estimate of drug-likeness (QED) is 0.255. The fourth-order valence-corrected chi connectivity index (χ4v) is 5.32. The molecule has 0 amide bonds.